The van der Waals surface area contributed by atoms with Crippen LogP contribution in [0.3, 0.4) is 0 Å². The first-order chi connectivity index (χ1) is 16.5. The molecule has 0 aliphatic heterocycles. The highest BCUT2D eigenvalue weighted by molar-refractivity contribution is 6.30. The minimum atomic E-state index is -0.569. The number of nitrogens with zero attached hydrogens (tertiary/aromatic N) is 3. The molecule has 8 nitrogen and oxygen atoms in total. The number of H-pyrrole nitrogens is 1. The fourth-order valence-corrected chi connectivity index (χ4v) is 3.10. The Morgan fingerprint density at radius 3 is 2.44 bits per heavy atom. The summed E-state index contributed by atoms with van der Waals surface area (Å²) in [5, 5.41) is 13.9. The van der Waals surface area contributed by atoms with Crippen LogP contribution >= 0.6 is 11.6 Å². The van der Waals surface area contributed by atoms with Crippen molar-refractivity contribution in [2.45, 2.75) is 0 Å². The van der Waals surface area contributed by atoms with Crippen LogP contribution in [0, 0.1) is 11.3 Å². The zero-order valence-electron chi connectivity index (χ0n) is 17.5. The normalized spacial score (nSPS) is 10.6. The molecule has 1 heterocycles. The molecule has 1 aromatic heterocycles. The average molecular weight is 470 g/mol. The lowest BCUT2D eigenvalue weighted by Gasteiger charge is -2.06. The summed E-state index contributed by atoms with van der Waals surface area (Å²) in [4.78, 5) is 31.3. The van der Waals surface area contributed by atoms with Gasteiger partial charge in [-0.05, 0) is 54.1 Å². The van der Waals surface area contributed by atoms with Crippen LogP contribution in [0.25, 0.3) is 11.3 Å². The number of rotatable bonds is 6. The van der Waals surface area contributed by atoms with Crippen molar-refractivity contribution < 1.29 is 9.53 Å². The van der Waals surface area contributed by atoms with Crippen molar-refractivity contribution in [1.82, 2.24) is 9.97 Å². The molecule has 0 aliphatic carbocycles. The predicted molar refractivity (Wildman–Crippen MR) is 129 cm³/mol. The second kappa shape index (κ2) is 10.3. The van der Waals surface area contributed by atoms with Crippen LogP contribution in [0.5, 0.6) is 5.75 Å². The maximum absolute atomic E-state index is 12.3. The summed E-state index contributed by atoms with van der Waals surface area (Å²) in [5.74, 6) is -0.0342. The summed E-state index contributed by atoms with van der Waals surface area (Å²) < 4.78 is 5.34. The fraction of sp³-hybridized carbons (Fsp3) is 0. The van der Waals surface area contributed by atoms with E-state index in [4.69, 9.17) is 16.3 Å². The van der Waals surface area contributed by atoms with Gasteiger partial charge in [-0.1, -0.05) is 41.9 Å². The van der Waals surface area contributed by atoms with Crippen LogP contribution in [-0.2, 0) is 0 Å². The van der Waals surface area contributed by atoms with Gasteiger partial charge in [0.05, 0.1) is 17.5 Å². The monoisotopic (exact) mass is 469 g/mol. The molecule has 34 heavy (non-hydrogen) atoms. The largest absolute Gasteiger partial charge is 0.423 e. The number of benzene rings is 3. The third-order valence-electron chi connectivity index (χ3n) is 4.63. The molecule has 2 N–H and O–H groups in total. The molecular formula is C25H16ClN5O3. The second-order valence-corrected chi connectivity index (χ2v) is 7.39. The number of nitriles is 1. The number of hydrazone groups is 1. The summed E-state index contributed by atoms with van der Waals surface area (Å²) in [6, 6.07) is 23.9. The van der Waals surface area contributed by atoms with Crippen LogP contribution in [-0.4, -0.2) is 22.2 Å². The van der Waals surface area contributed by atoms with E-state index < -0.39 is 11.5 Å². The molecule has 0 atom stereocenters. The van der Waals surface area contributed by atoms with E-state index in [-0.39, 0.29) is 17.2 Å². The zero-order valence-corrected chi connectivity index (χ0v) is 18.3. The van der Waals surface area contributed by atoms with Crippen LogP contribution in [0.1, 0.15) is 21.5 Å². The third-order valence-corrected chi connectivity index (χ3v) is 4.89. The molecule has 4 aromatic rings. The number of halogens is 1. The quantitative estimate of drug-likeness (QED) is 0.184. The van der Waals surface area contributed by atoms with Crippen molar-refractivity contribution in [3.05, 3.63) is 111 Å². The number of ether oxygens (including phenoxy) is 1. The number of aromatic amines is 1. The number of nitrogens with one attached hydrogen (secondary N) is 2. The Hall–Kier alpha value is -4.74. The third kappa shape index (κ3) is 5.35. The maximum Gasteiger partial charge on any atom is 0.343 e. The Morgan fingerprint density at radius 2 is 1.76 bits per heavy atom. The topological polar surface area (TPSA) is 120 Å². The van der Waals surface area contributed by atoms with Gasteiger partial charge in [-0.25, -0.2) is 15.2 Å². The van der Waals surface area contributed by atoms with Gasteiger partial charge < -0.3 is 4.74 Å². The Labute approximate surface area is 199 Å². The number of hydrogen-bond donors (Lipinski definition) is 2. The van der Waals surface area contributed by atoms with Gasteiger partial charge in [-0.2, -0.15) is 10.4 Å². The molecule has 0 bridgehead atoms. The van der Waals surface area contributed by atoms with E-state index in [1.165, 1.54) is 6.21 Å². The number of anilines is 1. The highest BCUT2D eigenvalue weighted by Crippen LogP contribution is 2.19. The standard InChI is InChI=1S/C25H16ClN5O3/c26-19-10-8-18(9-11-19)24(33)34-20-12-6-16(7-13-20)15-28-31-25-29-22(17-4-2-1-3-5-17)21(14-27)23(32)30-25/h1-13,15H,(H2,29,30,31,32). The van der Waals surface area contributed by atoms with E-state index >= 15 is 0 Å². The smallest absolute Gasteiger partial charge is 0.343 e. The van der Waals surface area contributed by atoms with E-state index in [0.29, 0.717) is 27.5 Å². The Kier molecular flexibility index (Phi) is 6.77. The average Bonchev–Trinajstić information content (AvgIpc) is 2.85. The first-order valence-corrected chi connectivity index (χ1v) is 10.4. The van der Waals surface area contributed by atoms with Gasteiger partial charge in [0.15, 0.2) is 0 Å². The molecule has 9 heteroatoms. The van der Waals surface area contributed by atoms with Gasteiger partial charge in [0.2, 0.25) is 5.95 Å². The Bertz CT molecular complexity index is 1440. The van der Waals surface area contributed by atoms with Gasteiger partial charge in [0, 0.05) is 10.6 Å². The lowest BCUT2D eigenvalue weighted by Crippen LogP contribution is -2.16. The summed E-state index contributed by atoms with van der Waals surface area (Å²) in [5.41, 5.74) is 4.01. The van der Waals surface area contributed by atoms with Crippen LogP contribution in [0.15, 0.2) is 88.8 Å². The summed E-state index contributed by atoms with van der Waals surface area (Å²) >= 11 is 5.83. The van der Waals surface area contributed by atoms with Crippen molar-refractivity contribution in [2.24, 2.45) is 5.10 Å². The van der Waals surface area contributed by atoms with Crippen molar-refractivity contribution in [1.29, 1.82) is 5.26 Å². The number of esters is 1. The first kappa shape index (κ1) is 22.5. The highest BCUT2D eigenvalue weighted by atomic mass is 35.5. The minimum Gasteiger partial charge on any atom is -0.423 e. The van der Waals surface area contributed by atoms with E-state index in [1.807, 2.05) is 12.1 Å². The van der Waals surface area contributed by atoms with Gasteiger partial charge in [-0.15, -0.1) is 0 Å². The van der Waals surface area contributed by atoms with Gasteiger partial charge in [0.1, 0.15) is 17.4 Å². The van der Waals surface area contributed by atoms with Crippen molar-refractivity contribution in [3.8, 4) is 23.1 Å². The maximum atomic E-state index is 12.3. The number of carbonyl (C=O) groups is 1. The summed E-state index contributed by atoms with van der Waals surface area (Å²) in [7, 11) is 0. The van der Waals surface area contributed by atoms with E-state index in [1.54, 1.807) is 72.8 Å². The summed E-state index contributed by atoms with van der Waals surface area (Å²) in [6.45, 7) is 0. The number of carbonyl (C=O) groups excluding carboxylic acids is 1. The number of aromatic nitrogens is 2. The van der Waals surface area contributed by atoms with Crippen LogP contribution in [0.2, 0.25) is 5.02 Å². The molecule has 0 saturated heterocycles. The number of hydrogen-bond acceptors (Lipinski definition) is 7. The predicted octanol–water partition coefficient (Wildman–Crippen LogP) is 4.63. The highest BCUT2D eigenvalue weighted by Gasteiger charge is 2.13. The first-order valence-electron chi connectivity index (χ1n) is 10.0. The van der Waals surface area contributed by atoms with Crippen molar-refractivity contribution in [3.63, 3.8) is 0 Å². The van der Waals surface area contributed by atoms with Crippen LogP contribution in [0.4, 0.5) is 5.95 Å². The minimum absolute atomic E-state index is 0.0792. The molecular weight excluding hydrogens is 454 g/mol. The molecule has 0 fully saturated rings. The summed E-state index contributed by atoms with van der Waals surface area (Å²) in [6.07, 6.45) is 1.51. The van der Waals surface area contributed by atoms with E-state index in [0.717, 1.165) is 0 Å². The molecule has 0 amide bonds. The molecule has 0 saturated carbocycles. The van der Waals surface area contributed by atoms with Crippen LogP contribution < -0.4 is 15.7 Å². The van der Waals surface area contributed by atoms with Crippen molar-refractivity contribution in [2.75, 3.05) is 5.43 Å². The second-order valence-electron chi connectivity index (χ2n) is 6.95. The van der Waals surface area contributed by atoms with Crippen molar-refractivity contribution >= 4 is 29.7 Å². The van der Waals surface area contributed by atoms with E-state index in [2.05, 4.69) is 20.5 Å². The van der Waals surface area contributed by atoms with Gasteiger partial charge in [0.25, 0.3) is 5.56 Å². The molecule has 0 aliphatic rings. The SMILES string of the molecule is N#Cc1c(-c2ccccc2)nc(NN=Cc2ccc(OC(=O)c3ccc(Cl)cc3)cc2)[nH]c1=O. The molecule has 3 aromatic carbocycles. The molecule has 166 valence electrons. The molecule has 4 rings (SSSR count). The van der Waals surface area contributed by atoms with Gasteiger partial charge >= 0.3 is 5.97 Å². The molecule has 0 radical (unpaired) electrons. The fourth-order valence-electron chi connectivity index (χ4n) is 2.98. The van der Waals surface area contributed by atoms with Gasteiger partial charge in [-0.3, -0.25) is 9.78 Å². The lowest BCUT2D eigenvalue weighted by molar-refractivity contribution is 0.0735. The van der Waals surface area contributed by atoms with E-state index in [9.17, 15) is 14.9 Å². The zero-order chi connectivity index (χ0) is 23.9. The lowest BCUT2D eigenvalue weighted by atomic mass is 10.1. The Balaban J connectivity index is 1.44. The molecule has 0 unspecified atom stereocenters. The molecule has 0 spiro atoms. The Morgan fingerprint density at radius 1 is 1.06 bits per heavy atom.